The van der Waals surface area contributed by atoms with Gasteiger partial charge in [0.1, 0.15) is 11.5 Å². The van der Waals surface area contributed by atoms with Crippen LogP contribution < -0.4 is 10.2 Å². The van der Waals surface area contributed by atoms with Crippen LogP contribution in [0.1, 0.15) is 35.1 Å². The van der Waals surface area contributed by atoms with E-state index < -0.39 is 21.1 Å². The van der Waals surface area contributed by atoms with E-state index in [9.17, 15) is 17.6 Å². The molecule has 0 amide bonds. The maximum atomic E-state index is 13.8. The molecule has 6 nitrogen and oxygen atoms in total. The largest absolute Gasteiger partial charge is 0.416 e. The zero-order chi connectivity index (χ0) is 25.5. The van der Waals surface area contributed by atoms with E-state index in [4.69, 9.17) is 0 Å². The molecule has 4 rings (SSSR count). The minimum absolute atomic E-state index is 0.0592. The van der Waals surface area contributed by atoms with Crippen LogP contribution in [0.15, 0.2) is 30.5 Å². The minimum Gasteiger partial charge on any atom is -0.340 e. The van der Waals surface area contributed by atoms with E-state index in [-0.39, 0.29) is 18.0 Å². The zero-order valence-corrected chi connectivity index (χ0v) is 22.1. The molecule has 2 unspecified atom stereocenters. The lowest BCUT2D eigenvalue weighted by Crippen LogP contribution is -2.56. The number of aryl methyl sites for hydroxylation is 1. The van der Waals surface area contributed by atoms with Crippen LogP contribution >= 0.6 is 22.6 Å². The van der Waals surface area contributed by atoms with Gasteiger partial charge in [-0.3, -0.25) is 4.68 Å². The van der Waals surface area contributed by atoms with Crippen LogP contribution in [0.5, 0.6) is 0 Å². The maximum absolute atomic E-state index is 13.8. The topological polar surface area (TPSA) is 58.9 Å². The first-order chi connectivity index (χ1) is 16.4. The molecule has 11 heteroatoms. The van der Waals surface area contributed by atoms with Crippen LogP contribution in [-0.2, 0) is 19.6 Å². The summed E-state index contributed by atoms with van der Waals surface area (Å²) >= 11 is 2.25. The quantitative estimate of drug-likeness (QED) is 0.188. The third-order valence-electron chi connectivity index (χ3n) is 6.81. The van der Waals surface area contributed by atoms with Crippen LogP contribution in [0.3, 0.4) is 0 Å². The summed E-state index contributed by atoms with van der Waals surface area (Å²) in [5.74, 6) is -0.256. The molecule has 0 bridgehead atoms. The van der Waals surface area contributed by atoms with Crippen molar-refractivity contribution in [2.24, 2.45) is 7.05 Å². The first-order valence-electron chi connectivity index (χ1n) is 11.3. The Morgan fingerprint density at radius 2 is 1.91 bits per heavy atom. The Hall–Kier alpha value is -2.28. The summed E-state index contributed by atoms with van der Waals surface area (Å²) in [5.41, 5.74) is 2.52. The molecule has 3 aromatic rings. The average molecular weight is 602 g/mol. The molecule has 1 aliphatic heterocycles. The van der Waals surface area contributed by atoms with E-state index in [1.807, 2.05) is 34.0 Å². The smallest absolute Gasteiger partial charge is 0.340 e. The predicted octanol–water partition coefficient (Wildman–Crippen LogP) is 5.21. The van der Waals surface area contributed by atoms with Gasteiger partial charge >= 0.3 is 6.18 Å². The van der Waals surface area contributed by atoms with Crippen molar-refractivity contribution in [2.75, 3.05) is 18.5 Å². The van der Waals surface area contributed by atoms with Gasteiger partial charge in [-0.05, 0) is 68.6 Å². The van der Waals surface area contributed by atoms with Gasteiger partial charge in [0.15, 0.2) is 5.82 Å². The molecule has 2 aromatic heterocycles. The molecular weight excluding hydrogens is 575 g/mol. The third kappa shape index (κ3) is 5.02. The Kier molecular flexibility index (Phi) is 7.11. The summed E-state index contributed by atoms with van der Waals surface area (Å²) in [5, 5.41) is 16.5. The van der Waals surface area contributed by atoms with E-state index in [1.165, 1.54) is 6.07 Å². The summed E-state index contributed by atoms with van der Waals surface area (Å²) in [6, 6.07) is 4.90. The van der Waals surface area contributed by atoms with Crippen LogP contribution in [0, 0.1) is 19.7 Å². The average Bonchev–Trinajstić information content (AvgIpc) is 3.22. The fourth-order valence-electron chi connectivity index (χ4n) is 4.74. The van der Waals surface area contributed by atoms with Crippen molar-refractivity contribution in [1.82, 2.24) is 25.3 Å². The van der Waals surface area contributed by atoms with E-state index in [0.29, 0.717) is 30.5 Å². The fraction of sp³-hybridized carbons (Fsp3) is 0.458. The number of piperidine rings is 1. The summed E-state index contributed by atoms with van der Waals surface area (Å²) in [6.07, 6.45) is -1.49. The Balaban J connectivity index is 1.78. The number of alkyl halides is 4. The molecular formula is C24H27F4IN6. The molecule has 2 atom stereocenters. The van der Waals surface area contributed by atoms with Crippen molar-refractivity contribution in [3.05, 3.63) is 58.5 Å². The summed E-state index contributed by atoms with van der Waals surface area (Å²) < 4.78 is 56.1. The molecule has 0 saturated carbocycles. The Morgan fingerprint density at radius 3 is 2.54 bits per heavy atom. The van der Waals surface area contributed by atoms with E-state index >= 15 is 0 Å². The summed E-state index contributed by atoms with van der Waals surface area (Å²) in [6.45, 7) is 4.52. The highest BCUT2D eigenvalue weighted by molar-refractivity contribution is 14.1. The second-order valence-corrected chi connectivity index (χ2v) is 11.0. The fourth-order valence-corrected chi connectivity index (χ4v) is 6.15. The molecule has 1 N–H and O–H groups in total. The van der Waals surface area contributed by atoms with Gasteiger partial charge in [-0.2, -0.15) is 18.3 Å². The van der Waals surface area contributed by atoms with Gasteiger partial charge < -0.3 is 10.2 Å². The number of hydrogen-bond acceptors (Lipinski definition) is 5. The van der Waals surface area contributed by atoms with E-state index in [1.54, 1.807) is 10.9 Å². The first kappa shape index (κ1) is 25.8. The van der Waals surface area contributed by atoms with Gasteiger partial charge in [0.25, 0.3) is 0 Å². The van der Waals surface area contributed by atoms with Crippen molar-refractivity contribution < 1.29 is 17.6 Å². The second kappa shape index (κ2) is 9.64. The second-order valence-electron chi connectivity index (χ2n) is 8.99. The maximum Gasteiger partial charge on any atom is 0.416 e. The molecule has 1 saturated heterocycles. The number of aromatic nitrogens is 4. The number of anilines is 1. The molecule has 0 radical (unpaired) electrons. The molecule has 0 aliphatic carbocycles. The van der Waals surface area contributed by atoms with Gasteiger partial charge in [-0.25, -0.2) is 4.39 Å². The SMILES string of the molecule is CNC1CCN(c2nnc(-c3ccnn3C)c(C)c2C)C(I)(Cc2ccc(F)cc2C(F)(F)F)C1. The van der Waals surface area contributed by atoms with E-state index in [0.717, 1.165) is 29.3 Å². The van der Waals surface area contributed by atoms with Gasteiger partial charge in [0.2, 0.25) is 0 Å². The van der Waals surface area contributed by atoms with Crippen LogP contribution in [0.4, 0.5) is 23.4 Å². The predicted molar refractivity (Wildman–Crippen MR) is 135 cm³/mol. The number of nitrogens with zero attached hydrogens (tertiary/aromatic N) is 5. The van der Waals surface area contributed by atoms with Crippen molar-refractivity contribution in [3.63, 3.8) is 0 Å². The highest BCUT2D eigenvalue weighted by atomic mass is 127. The molecule has 0 spiro atoms. The number of rotatable bonds is 5. The van der Waals surface area contributed by atoms with E-state index in [2.05, 4.69) is 48.1 Å². The molecule has 188 valence electrons. The molecule has 35 heavy (non-hydrogen) atoms. The van der Waals surface area contributed by atoms with Gasteiger partial charge in [-0.15, -0.1) is 10.2 Å². The Morgan fingerprint density at radius 1 is 1.17 bits per heavy atom. The third-order valence-corrected chi connectivity index (χ3v) is 8.21. The molecule has 1 fully saturated rings. The lowest BCUT2D eigenvalue weighted by atomic mass is 9.89. The lowest BCUT2D eigenvalue weighted by molar-refractivity contribution is -0.138. The standard InChI is InChI=1S/C24H27F4IN6/c1-14-15(2)22(33-32-21(14)20-7-9-31-34(20)4)35-10-8-18(30-3)13-23(35,29)12-16-5-6-17(25)11-19(16)24(26,27)28/h5-7,9,11,18,30H,8,10,12-13H2,1-4H3. The monoisotopic (exact) mass is 602 g/mol. The highest BCUT2D eigenvalue weighted by Gasteiger charge is 2.44. The van der Waals surface area contributed by atoms with Crippen molar-refractivity contribution >= 4 is 28.4 Å². The highest BCUT2D eigenvalue weighted by Crippen LogP contribution is 2.44. The van der Waals surface area contributed by atoms with Gasteiger partial charge in [0, 0.05) is 32.3 Å². The van der Waals surface area contributed by atoms with Gasteiger partial charge in [-0.1, -0.05) is 28.7 Å². The minimum atomic E-state index is -4.65. The lowest BCUT2D eigenvalue weighted by Gasteiger charge is -2.47. The molecule has 1 aromatic carbocycles. The number of nitrogens with one attached hydrogen (secondary N) is 1. The molecule has 3 heterocycles. The Labute approximate surface area is 215 Å². The first-order valence-corrected chi connectivity index (χ1v) is 12.3. The van der Waals surface area contributed by atoms with Crippen LogP contribution in [0.2, 0.25) is 0 Å². The van der Waals surface area contributed by atoms with Gasteiger partial charge in [0.05, 0.1) is 14.8 Å². The summed E-state index contributed by atoms with van der Waals surface area (Å²) in [4.78, 5) is 2.06. The zero-order valence-electron chi connectivity index (χ0n) is 19.9. The van der Waals surface area contributed by atoms with Crippen molar-refractivity contribution in [2.45, 2.75) is 48.9 Å². The van der Waals surface area contributed by atoms with Crippen molar-refractivity contribution in [3.8, 4) is 11.4 Å². The molecule has 1 aliphatic rings. The summed E-state index contributed by atoms with van der Waals surface area (Å²) in [7, 11) is 3.69. The Bertz CT molecular complexity index is 1230. The van der Waals surface area contributed by atoms with Crippen LogP contribution in [-0.4, -0.2) is 43.2 Å². The van der Waals surface area contributed by atoms with Crippen LogP contribution in [0.25, 0.3) is 11.4 Å². The number of halogens is 5. The normalized spacial score (nSPS) is 20.9. The number of benzene rings is 1. The van der Waals surface area contributed by atoms with Crippen molar-refractivity contribution in [1.29, 1.82) is 0 Å². The number of hydrogen-bond donors (Lipinski definition) is 1.